The van der Waals surface area contributed by atoms with Crippen molar-refractivity contribution < 1.29 is 14.7 Å². The standard InChI is InChI=1S/C9H16N2O3S/c10-4-6(5-15)8(12)11-3-1-2-7(11)9(13)14/h6-7,15H,1-5,10H2,(H,13,14)/t6?,7-/m0/s1. The number of carbonyl (C=O) groups excluding carboxylic acids is 1. The minimum Gasteiger partial charge on any atom is -0.480 e. The van der Waals surface area contributed by atoms with Gasteiger partial charge in [-0.15, -0.1) is 0 Å². The summed E-state index contributed by atoms with van der Waals surface area (Å²) in [5.41, 5.74) is 5.43. The molecule has 1 rings (SSSR count). The van der Waals surface area contributed by atoms with Crippen LogP contribution in [-0.2, 0) is 9.59 Å². The van der Waals surface area contributed by atoms with Crippen molar-refractivity contribution in [3.8, 4) is 0 Å². The van der Waals surface area contributed by atoms with E-state index in [0.717, 1.165) is 6.42 Å². The Kier molecular flexibility index (Phi) is 4.41. The second kappa shape index (κ2) is 5.37. The number of carboxylic acids is 1. The van der Waals surface area contributed by atoms with Crippen molar-refractivity contribution in [1.29, 1.82) is 0 Å². The fraction of sp³-hybridized carbons (Fsp3) is 0.778. The van der Waals surface area contributed by atoms with Gasteiger partial charge >= 0.3 is 5.97 Å². The van der Waals surface area contributed by atoms with Gasteiger partial charge in [0.05, 0.1) is 5.92 Å². The molecule has 2 atom stereocenters. The number of carboxylic acid groups (broad SMARTS) is 1. The number of thiol groups is 1. The van der Waals surface area contributed by atoms with Crippen LogP contribution in [0.1, 0.15) is 12.8 Å². The Labute approximate surface area is 94.0 Å². The van der Waals surface area contributed by atoms with Crippen LogP contribution in [0.25, 0.3) is 0 Å². The molecular weight excluding hydrogens is 216 g/mol. The summed E-state index contributed by atoms with van der Waals surface area (Å²) in [6.45, 7) is 0.727. The van der Waals surface area contributed by atoms with E-state index < -0.39 is 12.0 Å². The maximum atomic E-state index is 11.9. The molecule has 0 aliphatic carbocycles. The number of rotatable bonds is 4. The summed E-state index contributed by atoms with van der Waals surface area (Å²) in [5, 5.41) is 8.92. The molecule has 1 amide bonds. The van der Waals surface area contributed by atoms with Crippen LogP contribution < -0.4 is 5.73 Å². The van der Waals surface area contributed by atoms with Crippen molar-refractivity contribution in [2.75, 3.05) is 18.8 Å². The molecule has 0 radical (unpaired) electrons. The van der Waals surface area contributed by atoms with Crippen molar-refractivity contribution in [3.63, 3.8) is 0 Å². The molecule has 0 spiro atoms. The highest BCUT2D eigenvalue weighted by Gasteiger charge is 2.36. The lowest BCUT2D eigenvalue weighted by molar-refractivity contribution is -0.149. The van der Waals surface area contributed by atoms with Crippen LogP contribution in [-0.4, -0.2) is 46.8 Å². The minimum absolute atomic E-state index is 0.183. The molecule has 0 aromatic heterocycles. The third kappa shape index (κ3) is 2.63. The molecule has 5 nitrogen and oxygen atoms in total. The molecule has 0 aromatic rings. The number of nitrogens with zero attached hydrogens (tertiary/aromatic N) is 1. The van der Waals surface area contributed by atoms with Crippen molar-refractivity contribution >= 4 is 24.5 Å². The lowest BCUT2D eigenvalue weighted by Gasteiger charge is -2.25. The van der Waals surface area contributed by atoms with Gasteiger partial charge in [0, 0.05) is 18.8 Å². The molecular formula is C9H16N2O3S. The van der Waals surface area contributed by atoms with E-state index >= 15 is 0 Å². The number of nitrogens with two attached hydrogens (primary N) is 1. The van der Waals surface area contributed by atoms with Gasteiger partial charge in [0.25, 0.3) is 0 Å². The van der Waals surface area contributed by atoms with Gasteiger partial charge in [-0.3, -0.25) is 4.79 Å². The van der Waals surface area contributed by atoms with E-state index in [1.807, 2.05) is 0 Å². The highest BCUT2D eigenvalue weighted by atomic mass is 32.1. The SMILES string of the molecule is NCC(CS)C(=O)N1CCC[C@H]1C(=O)O. The maximum absolute atomic E-state index is 11.9. The average Bonchev–Trinajstić information content (AvgIpc) is 2.67. The molecule has 0 aromatic carbocycles. The fourth-order valence-corrected chi connectivity index (χ4v) is 2.08. The van der Waals surface area contributed by atoms with Gasteiger partial charge in [-0.2, -0.15) is 12.6 Å². The zero-order valence-electron chi connectivity index (χ0n) is 8.43. The number of hydrogen-bond donors (Lipinski definition) is 3. The summed E-state index contributed by atoms with van der Waals surface area (Å²) in [6.07, 6.45) is 1.28. The Morgan fingerprint density at radius 3 is 2.73 bits per heavy atom. The largest absolute Gasteiger partial charge is 0.480 e. The molecule has 15 heavy (non-hydrogen) atoms. The molecule has 3 N–H and O–H groups in total. The zero-order valence-corrected chi connectivity index (χ0v) is 9.32. The summed E-state index contributed by atoms with van der Waals surface area (Å²) in [7, 11) is 0. The van der Waals surface area contributed by atoms with Gasteiger partial charge in [-0.05, 0) is 12.8 Å². The van der Waals surface area contributed by atoms with Crippen LogP contribution in [0.3, 0.4) is 0 Å². The fourth-order valence-electron chi connectivity index (χ4n) is 1.78. The van der Waals surface area contributed by atoms with Crippen LogP contribution in [0, 0.1) is 5.92 Å². The Morgan fingerprint density at radius 2 is 2.27 bits per heavy atom. The van der Waals surface area contributed by atoms with Crippen molar-refractivity contribution in [2.45, 2.75) is 18.9 Å². The van der Waals surface area contributed by atoms with Gasteiger partial charge < -0.3 is 15.7 Å². The van der Waals surface area contributed by atoms with E-state index in [-0.39, 0.29) is 18.4 Å². The number of aliphatic carboxylic acids is 1. The normalized spacial score (nSPS) is 22.8. The smallest absolute Gasteiger partial charge is 0.326 e. The average molecular weight is 232 g/mol. The molecule has 1 unspecified atom stereocenters. The quantitative estimate of drug-likeness (QED) is 0.574. The van der Waals surface area contributed by atoms with E-state index in [9.17, 15) is 9.59 Å². The maximum Gasteiger partial charge on any atom is 0.326 e. The third-order valence-corrected chi connectivity index (χ3v) is 3.12. The lowest BCUT2D eigenvalue weighted by atomic mass is 10.1. The molecule has 1 heterocycles. The first-order valence-electron chi connectivity index (χ1n) is 4.96. The molecule has 1 aliphatic heterocycles. The van der Waals surface area contributed by atoms with Crippen LogP contribution in [0.5, 0.6) is 0 Å². The Bertz CT molecular complexity index is 256. The molecule has 6 heteroatoms. The summed E-state index contributed by atoms with van der Waals surface area (Å²) >= 11 is 4.03. The van der Waals surface area contributed by atoms with Gasteiger partial charge in [0.1, 0.15) is 6.04 Å². The van der Waals surface area contributed by atoms with Gasteiger partial charge in [0.15, 0.2) is 0 Å². The summed E-state index contributed by atoms with van der Waals surface area (Å²) in [5.74, 6) is -1.13. The lowest BCUT2D eigenvalue weighted by Crippen LogP contribution is -2.45. The monoisotopic (exact) mass is 232 g/mol. The van der Waals surface area contributed by atoms with E-state index in [1.54, 1.807) is 0 Å². The summed E-state index contributed by atoms with van der Waals surface area (Å²) in [4.78, 5) is 24.1. The Hall–Kier alpha value is -0.750. The van der Waals surface area contributed by atoms with Crippen LogP contribution in [0.15, 0.2) is 0 Å². The predicted octanol–water partition coefficient (Wildman–Crippen LogP) is -0.433. The molecule has 0 saturated carbocycles. The van der Waals surface area contributed by atoms with Gasteiger partial charge in [0.2, 0.25) is 5.91 Å². The zero-order chi connectivity index (χ0) is 11.4. The van der Waals surface area contributed by atoms with Crippen LogP contribution in [0.2, 0.25) is 0 Å². The number of hydrogen-bond acceptors (Lipinski definition) is 4. The number of amides is 1. The van der Waals surface area contributed by atoms with Crippen LogP contribution in [0.4, 0.5) is 0 Å². The van der Waals surface area contributed by atoms with E-state index in [0.29, 0.717) is 18.7 Å². The molecule has 1 aliphatic rings. The second-order valence-corrected chi connectivity index (χ2v) is 4.01. The van der Waals surface area contributed by atoms with Crippen molar-refractivity contribution in [1.82, 2.24) is 4.90 Å². The number of likely N-dealkylation sites (tertiary alicyclic amines) is 1. The molecule has 0 bridgehead atoms. The number of carbonyl (C=O) groups is 2. The van der Waals surface area contributed by atoms with Crippen LogP contribution >= 0.6 is 12.6 Å². The Balaban J connectivity index is 2.69. The molecule has 1 fully saturated rings. The highest BCUT2D eigenvalue weighted by Crippen LogP contribution is 2.20. The third-order valence-electron chi connectivity index (χ3n) is 2.68. The van der Waals surface area contributed by atoms with E-state index in [1.165, 1.54) is 4.90 Å². The van der Waals surface area contributed by atoms with Crippen molar-refractivity contribution in [3.05, 3.63) is 0 Å². The molecule has 1 saturated heterocycles. The topological polar surface area (TPSA) is 83.6 Å². The predicted molar refractivity (Wildman–Crippen MR) is 58.8 cm³/mol. The summed E-state index contributed by atoms with van der Waals surface area (Å²) in [6, 6.07) is -0.675. The first-order chi connectivity index (χ1) is 7.11. The molecule has 86 valence electrons. The van der Waals surface area contributed by atoms with E-state index in [2.05, 4.69) is 12.6 Å². The van der Waals surface area contributed by atoms with E-state index in [4.69, 9.17) is 10.8 Å². The first kappa shape index (κ1) is 12.3. The highest BCUT2D eigenvalue weighted by molar-refractivity contribution is 7.80. The van der Waals surface area contributed by atoms with Gasteiger partial charge in [-0.1, -0.05) is 0 Å². The second-order valence-electron chi connectivity index (χ2n) is 3.64. The summed E-state index contributed by atoms with van der Waals surface area (Å²) < 4.78 is 0. The van der Waals surface area contributed by atoms with Crippen molar-refractivity contribution in [2.24, 2.45) is 11.7 Å². The minimum atomic E-state index is -0.934. The Morgan fingerprint density at radius 1 is 1.60 bits per heavy atom. The van der Waals surface area contributed by atoms with Gasteiger partial charge in [-0.25, -0.2) is 4.79 Å². The first-order valence-corrected chi connectivity index (χ1v) is 5.59.